The van der Waals surface area contributed by atoms with E-state index in [4.69, 9.17) is 0 Å². The van der Waals surface area contributed by atoms with E-state index in [1.54, 1.807) is 0 Å². The van der Waals surface area contributed by atoms with Crippen LogP contribution in [0.3, 0.4) is 0 Å². The molecular formula is C15H28. The summed E-state index contributed by atoms with van der Waals surface area (Å²) in [7, 11) is 0. The molecule has 15 heavy (non-hydrogen) atoms. The van der Waals surface area contributed by atoms with Gasteiger partial charge in [-0.15, -0.1) is 0 Å². The first-order chi connectivity index (χ1) is 7.16. The van der Waals surface area contributed by atoms with Crippen LogP contribution in [-0.4, -0.2) is 0 Å². The smallest absolute Gasteiger partial charge is 0.0244 e. The maximum atomic E-state index is 2.60. The molecule has 2 saturated carbocycles. The fourth-order valence-electron chi connectivity index (χ4n) is 3.93. The first-order valence-electron chi connectivity index (χ1n) is 7.16. The summed E-state index contributed by atoms with van der Waals surface area (Å²) in [5.74, 6) is 1.10. The lowest BCUT2D eigenvalue weighted by molar-refractivity contribution is -0.0501. The Bertz CT molecular complexity index is 210. The predicted octanol–water partition coefficient (Wildman–Crippen LogP) is 5.17. The zero-order valence-corrected chi connectivity index (χ0v) is 10.9. The molecule has 0 bridgehead atoms. The van der Waals surface area contributed by atoms with Crippen LogP contribution < -0.4 is 0 Å². The van der Waals surface area contributed by atoms with Crippen molar-refractivity contribution in [3.63, 3.8) is 0 Å². The van der Waals surface area contributed by atoms with E-state index in [2.05, 4.69) is 20.8 Å². The summed E-state index contributed by atoms with van der Waals surface area (Å²) in [4.78, 5) is 0. The minimum Gasteiger partial charge on any atom is -0.0654 e. The van der Waals surface area contributed by atoms with Crippen molar-refractivity contribution in [2.24, 2.45) is 16.7 Å². The van der Waals surface area contributed by atoms with Crippen molar-refractivity contribution in [2.45, 2.75) is 78.6 Å². The van der Waals surface area contributed by atoms with E-state index >= 15 is 0 Å². The molecule has 0 amide bonds. The third kappa shape index (κ3) is 1.97. The molecule has 0 aromatic carbocycles. The second kappa shape index (κ2) is 4.11. The average Bonchev–Trinajstić information content (AvgIpc) is 2.94. The van der Waals surface area contributed by atoms with Crippen molar-refractivity contribution in [3.05, 3.63) is 0 Å². The molecule has 0 nitrogen and oxygen atoms in total. The largest absolute Gasteiger partial charge is 0.0654 e. The third-order valence-corrected chi connectivity index (χ3v) is 5.54. The normalized spacial score (nSPS) is 28.2. The maximum absolute atomic E-state index is 2.60. The molecule has 0 N–H and O–H groups in total. The van der Waals surface area contributed by atoms with Gasteiger partial charge in [-0.05, 0) is 42.4 Å². The van der Waals surface area contributed by atoms with E-state index in [0.29, 0.717) is 5.41 Å². The van der Waals surface area contributed by atoms with Crippen molar-refractivity contribution in [3.8, 4) is 0 Å². The van der Waals surface area contributed by atoms with Crippen molar-refractivity contribution in [1.82, 2.24) is 0 Å². The summed E-state index contributed by atoms with van der Waals surface area (Å²) < 4.78 is 0. The first kappa shape index (κ1) is 11.5. The molecule has 2 fully saturated rings. The van der Waals surface area contributed by atoms with E-state index < -0.39 is 0 Å². The Kier molecular flexibility index (Phi) is 3.14. The second-order valence-electron chi connectivity index (χ2n) is 6.45. The van der Waals surface area contributed by atoms with Crippen LogP contribution in [0.1, 0.15) is 78.6 Å². The van der Waals surface area contributed by atoms with Crippen LogP contribution in [0.5, 0.6) is 0 Å². The second-order valence-corrected chi connectivity index (χ2v) is 6.45. The van der Waals surface area contributed by atoms with Gasteiger partial charge < -0.3 is 0 Å². The molecule has 0 aliphatic heterocycles. The van der Waals surface area contributed by atoms with Crippen LogP contribution in [-0.2, 0) is 0 Å². The van der Waals surface area contributed by atoms with Gasteiger partial charge in [-0.25, -0.2) is 0 Å². The topological polar surface area (TPSA) is 0 Å². The Hall–Kier alpha value is 0. The standard InChI is InChI=1S/C15H28/c1-4-9-15(10-6-11-15)14(3,5-2)12-13-7-8-13/h13H,4-12H2,1-3H3. The van der Waals surface area contributed by atoms with E-state index in [1.165, 1.54) is 57.8 Å². The number of hydrogen-bond acceptors (Lipinski definition) is 0. The molecule has 1 unspecified atom stereocenters. The van der Waals surface area contributed by atoms with E-state index in [9.17, 15) is 0 Å². The molecule has 0 aromatic rings. The lowest BCUT2D eigenvalue weighted by Crippen LogP contribution is -2.45. The summed E-state index contributed by atoms with van der Waals surface area (Å²) in [6.45, 7) is 7.39. The summed E-state index contributed by atoms with van der Waals surface area (Å²) in [5.41, 5.74) is 1.42. The maximum Gasteiger partial charge on any atom is -0.0244 e. The van der Waals surface area contributed by atoms with Gasteiger partial charge in [-0.3, -0.25) is 0 Å². The fraction of sp³-hybridized carbons (Fsp3) is 1.00. The van der Waals surface area contributed by atoms with Gasteiger partial charge in [-0.1, -0.05) is 52.9 Å². The molecule has 2 aliphatic carbocycles. The van der Waals surface area contributed by atoms with Crippen molar-refractivity contribution >= 4 is 0 Å². The minimum atomic E-state index is 0.669. The van der Waals surface area contributed by atoms with Crippen LogP contribution in [0, 0.1) is 16.7 Å². The first-order valence-corrected chi connectivity index (χ1v) is 7.16. The van der Waals surface area contributed by atoms with E-state index in [1.807, 2.05) is 0 Å². The Balaban J connectivity index is 2.06. The molecule has 2 aliphatic rings. The quantitative estimate of drug-likeness (QED) is 0.564. The zero-order chi connectivity index (χ0) is 10.9. The van der Waals surface area contributed by atoms with Crippen LogP contribution in [0.4, 0.5) is 0 Å². The molecule has 88 valence electrons. The number of hydrogen-bond donors (Lipinski definition) is 0. The van der Waals surface area contributed by atoms with Gasteiger partial charge >= 0.3 is 0 Å². The summed E-state index contributed by atoms with van der Waals surface area (Å²) in [6.07, 6.45) is 13.4. The minimum absolute atomic E-state index is 0.669. The Morgan fingerprint density at radius 1 is 1.20 bits per heavy atom. The lowest BCUT2D eigenvalue weighted by Gasteiger charge is -2.55. The lowest BCUT2D eigenvalue weighted by atomic mass is 9.49. The molecule has 2 rings (SSSR count). The van der Waals surface area contributed by atoms with Gasteiger partial charge in [0.05, 0.1) is 0 Å². The van der Waals surface area contributed by atoms with Crippen molar-refractivity contribution < 1.29 is 0 Å². The van der Waals surface area contributed by atoms with Gasteiger partial charge in [0, 0.05) is 0 Å². The SMILES string of the molecule is CCCC1(C(C)(CC)CC2CC2)CCC1. The summed E-state index contributed by atoms with van der Waals surface area (Å²) >= 11 is 0. The molecule has 1 atom stereocenters. The highest BCUT2D eigenvalue weighted by Crippen LogP contribution is 2.62. The molecule has 0 radical (unpaired) electrons. The summed E-state index contributed by atoms with van der Waals surface area (Å²) in [5, 5.41) is 0. The van der Waals surface area contributed by atoms with E-state index in [0.717, 1.165) is 11.3 Å². The van der Waals surface area contributed by atoms with Crippen LogP contribution in [0.15, 0.2) is 0 Å². The average molecular weight is 208 g/mol. The van der Waals surface area contributed by atoms with Gasteiger partial charge in [0.25, 0.3) is 0 Å². The van der Waals surface area contributed by atoms with Gasteiger partial charge in [-0.2, -0.15) is 0 Å². The molecule has 0 spiro atoms. The van der Waals surface area contributed by atoms with Gasteiger partial charge in [0.15, 0.2) is 0 Å². The molecular weight excluding hydrogens is 180 g/mol. The number of rotatable bonds is 6. The van der Waals surface area contributed by atoms with Crippen LogP contribution in [0.2, 0.25) is 0 Å². The predicted molar refractivity (Wildman–Crippen MR) is 66.9 cm³/mol. The highest BCUT2D eigenvalue weighted by atomic mass is 14.6. The fourth-order valence-corrected chi connectivity index (χ4v) is 3.93. The summed E-state index contributed by atoms with van der Waals surface area (Å²) in [6, 6.07) is 0. The molecule has 0 heterocycles. The molecule has 0 heteroatoms. The molecule has 0 aromatic heterocycles. The van der Waals surface area contributed by atoms with Gasteiger partial charge in [0.2, 0.25) is 0 Å². The van der Waals surface area contributed by atoms with Crippen molar-refractivity contribution in [2.75, 3.05) is 0 Å². The Morgan fingerprint density at radius 2 is 1.87 bits per heavy atom. The highest BCUT2D eigenvalue weighted by molar-refractivity contribution is 5.01. The van der Waals surface area contributed by atoms with Crippen LogP contribution in [0.25, 0.3) is 0 Å². The van der Waals surface area contributed by atoms with Crippen molar-refractivity contribution in [1.29, 1.82) is 0 Å². The molecule has 0 saturated heterocycles. The highest BCUT2D eigenvalue weighted by Gasteiger charge is 2.51. The van der Waals surface area contributed by atoms with E-state index in [-0.39, 0.29) is 0 Å². The third-order valence-electron chi connectivity index (χ3n) is 5.54. The Labute approximate surface area is 95.8 Å². The zero-order valence-electron chi connectivity index (χ0n) is 10.9. The van der Waals surface area contributed by atoms with Crippen LogP contribution >= 0.6 is 0 Å². The monoisotopic (exact) mass is 208 g/mol. The Morgan fingerprint density at radius 3 is 2.20 bits per heavy atom. The van der Waals surface area contributed by atoms with Gasteiger partial charge in [0.1, 0.15) is 0 Å².